The van der Waals surface area contributed by atoms with Crippen molar-refractivity contribution in [3.05, 3.63) is 48.3 Å². The van der Waals surface area contributed by atoms with Crippen LogP contribution in [0.2, 0.25) is 0 Å². The molecule has 0 atom stereocenters. The van der Waals surface area contributed by atoms with Crippen LogP contribution < -0.4 is 19.7 Å². The Morgan fingerprint density at radius 2 is 1.76 bits per heavy atom. The third-order valence-electron chi connectivity index (χ3n) is 3.65. The number of benzene rings is 2. The predicted molar refractivity (Wildman–Crippen MR) is 90.5 cm³/mol. The van der Waals surface area contributed by atoms with Gasteiger partial charge in [0.25, 0.3) is 0 Å². The maximum atomic E-state index is 13.0. The number of halogens is 1. The lowest BCUT2D eigenvalue weighted by atomic mass is 10.2. The summed E-state index contributed by atoms with van der Waals surface area (Å²) in [7, 11) is 0. The fourth-order valence-corrected chi connectivity index (χ4v) is 2.47. The number of hydrogen-bond acceptors (Lipinski definition) is 4. The topological polar surface area (TPSA) is 67.9 Å². The molecular formula is C18H17FN2O4. The summed E-state index contributed by atoms with van der Waals surface area (Å²) in [4.78, 5) is 25.4. The van der Waals surface area contributed by atoms with Crippen LogP contribution in [0.1, 0.15) is 6.92 Å². The van der Waals surface area contributed by atoms with Gasteiger partial charge in [-0.15, -0.1) is 0 Å². The molecule has 0 spiro atoms. The molecule has 2 amide bonds. The normalized spacial score (nSPS) is 12.4. The van der Waals surface area contributed by atoms with Gasteiger partial charge in [0.05, 0.1) is 0 Å². The first-order valence-electron chi connectivity index (χ1n) is 7.76. The minimum Gasteiger partial charge on any atom is -0.486 e. The molecule has 130 valence electrons. The minimum atomic E-state index is -0.409. The molecule has 1 aliphatic heterocycles. The summed E-state index contributed by atoms with van der Waals surface area (Å²) < 4.78 is 23.9. The standard InChI is InChI=1S/C18H17FN2O4/c1-12(22)21(15-5-2-13(19)3-6-15)11-18(23)20-14-4-7-16-17(10-14)25-9-8-24-16/h2-7,10H,8-9,11H2,1H3,(H,20,23). The number of nitrogens with one attached hydrogen (secondary N) is 1. The molecule has 0 saturated carbocycles. The van der Waals surface area contributed by atoms with Gasteiger partial charge < -0.3 is 19.7 Å². The Bertz CT molecular complexity index is 792. The Morgan fingerprint density at radius 1 is 1.08 bits per heavy atom. The molecule has 2 aromatic carbocycles. The van der Waals surface area contributed by atoms with Crippen molar-refractivity contribution in [3.8, 4) is 11.5 Å². The van der Waals surface area contributed by atoms with E-state index in [4.69, 9.17) is 9.47 Å². The van der Waals surface area contributed by atoms with Crippen molar-refractivity contribution in [2.45, 2.75) is 6.92 Å². The molecule has 0 aromatic heterocycles. The highest BCUT2D eigenvalue weighted by molar-refractivity contribution is 6.01. The molecular weight excluding hydrogens is 327 g/mol. The fourth-order valence-electron chi connectivity index (χ4n) is 2.47. The van der Waals surface area contributed by atoms with Crippen LogP contribution in [0.25, 0.3) is 0 Å². The summed E-state index contributed by atoms with van der Waals surface area (Å²) in [5, 5.41) is 2.72. The van der Waals surface area contributed by atoms with E-state index in [1.807, 2.05) is 0 Å². The summed E-state index contributed by atoms with van der Waals surface area (Å²) in [5.74, 6) is 0.0834. The predicted octanol–water partition coefficient (Wildman–Crippen LogP) is 2.59. The Balaban J connectivity index is 1.69. The van der Waals surface area contributed by atoms with E-state index < -0.39 is 5.82 Å². The zero-order valence-corrected chi connectivity index (χ0v) is 13.6. The molecule has 2 aromatic rings. The van der Waals surface area contributed by atoms with E-state index in [2.05, 4.69) is 5.32 Å². The SMILES string of the molecule is CC(=O)N(CC(=O)Nc1ccc2c(c1)OCCO2)c1ccc(F)cc1. The molecule has 1 aliphatic rings. The second-order valence-electron chi connectivity index (χ2n) is 5.49. The summed E-state index contributed by atoms with van der Waals surface area (Å²) in [5.41, 5.74) is 0.989. The zero-order chi connectivity index (χ0) is 17.8. The second kappa shape index (κ2) is 7.21. The third kappa shape index (κ3) is 4.06. The number of anilines is 2. The molecule has 0 unspecified atom stereocenters. The maximum Gasteiger partial charge on any atom is 0.244 e. The molecule has 0 radical (unpaired) electrons. The van der Waals surface area contributed by atoms with Gasteiger partial charge in [0.15, 0.2) is 11.5 Å². The van der Waals surface area contributed by atoms with Crippen LogP contribution in [0.3, 0.4) is 0 Å². The largest absolute Gasteiger partial charge is 0.486 e. The number of ether oxygens (including phenoxy) is 2. The molecule has 25 heavy (non-hydrogen) atoms. The van der Waals surface area contributed by atoms with E-state index in [0.717, 1.165) is 0 Å². The molecule has 0 fully saturated rings. The van der Waals surface area contributed by atoms with Crippen LogP contribution >= 0.6 is 0 Å². The van der Waals surface area contributed by atoms with Gasteiger partial charge in [0.2, 0.25) is 11.8 Å². The van der Waals surface area contributed by atoms with Gasteiger partial charge in [-0.1, -0.05) is 0 Å². The number of carbonyl (C=O) groups excluding carboxylic acids is 2. The lowest BCUT2D eigenvalue weighted by molar-refractivity contribution is -0.120. The van der Waals surface area contributed by atoms with Crippen molar-refractivity contribution in [1.82, 2.24) is 0 Å². The van der Waals surface area contributed by atoms with Crippen LogP contribution in [-0.4, -0.2) is 31.6 Å². The quantitative estimate of drug-likeness (QED) is 0.926. The number of amides is 2. The van der Waals surface area contributed by atoms with Gasteiger partial charge in [0, 0.05) is 24.4 Å². The van der Waals surface area contributed by atoms with Gasteiger partial charge in [-0.3, -0.25) is 9.59 Å². The third-order valence-corrected chi connectivity index (χ3v) is 3.65. The van der Waals surface area contributed by atoms with E-state index in [9.17, 15) is 14.0 Å². The number of fused-ring (bicyclic) bond motifs is 1. The number of rotatable bonds is 4. The smallest absolute Gasteiger partial charge is 0.244 e. The Hall–Kier alpha value is -3.09. The van der Waals surface area contributed by atoms with Crippen LogP contribution in [0.4, 0.5) is 15.8 Å². The summed E-state index contributed by atoms with van der Waals surface area (Å²) in [6, 6.07) is 10.5. The van der Waals surface area contributed by atoms with Gasteiger partial charge in [0.1, 0.15) is 25.6 Å². The lowest BCUT2D eigenvalue weighted by Gasteiger charge is -2.21. The average molecular weight is 344 g/mol. The van der Waals surface area contributed by atoms with Crippen molar-refractivity contribution in [2.24, 2.45) is 0 Å². The van der Waals surface area contributed by atoms with E-state index >= 15 is 0 Å². The Labute approximate surface area is 144 Å². The number of hydrogen-bond donors (Lipinski definition) is 1. The zero-order valence-electron chi connectivity index (χ0n) is 13.6. The summed E-state index contributed by atoms with van der Waals surface area (Å²) in [6.07, 6.45) is 0. The highest BCUT2D eigenvalue weighted by Crippen LogP contribution is 2.32. The minimum absolute atomic E-state index is 0.185. The molecule has 1 N–H and O–H groups in total. The van der Waals surface area contributed by atoms with Crippen LogP contribution in [0.5, 0.6) is 11.5 Å². The molecule has 6 nitrogen and oxygen atoms in total. The van der Waals surface area contributed by atoms with Gasteiger partial charge in [-0.25, -0.2) is 4.39 Å². The molecule has 0 aliphatic carbocycles. The van der Waals surface area contributed by atoms with Crippen LogP contribution in [0, 0.1) is 5.82 Å². The highest BCUT2D eigenvalue weighted by Gasteiger charge is 2.17. The fraction of sp³-hybridized carbons (Fsp3) is 0.222. The van der Waals surface area contributed by atoms with E-state index in [1.54, 1.807) is 18.2 Å². The first kappa shape index (κ1) is 16.8. The average Bonchev–Trinajstić information content (AvgIpc) is 2.60. The first-order valence-corrected chi connectivity index (χ1v) is 7.76. The van der Waals surface area contributed by atoms with Crippen molar-refractivity contribution in [1.29, 1.82) is 0 Å². The number of carbonyl (C=O) groups is 2. The van der Waals surface area contributed by atoms with Crippen LogP contribution in [0.15, 0.2) is 42.5 Å². The Morgan fingerprint density at radius 3 is 2.44 bits per heavy atom. The lowest BCUT2D eigenvalue weighted by Crippen LogP contribution is -2.36. The highest BCUT2D eigenvalue weighted by atomic mass is 19.1. The molecule has 0 saturated heterocycles. The van der Waals surface area contributed by atoms with Gasteiger partial charge in [-0.2, -0.15) is 0 Å². The van der Waals surface area contributed by atoms with E-state index in [0.29, 0.717) is 36.1 Å². The van der Waals surface area contributed by atoms with Crippen molar-refractivity contribution < 1.29 is 23.5 Å². The number of nitrogens with zero attached hydrogens (tertiary/aromatic N) is 1. The first-order chi connectivity index (χ1) is 12.0. The van der Waals surface area contributed by atoms with Gasteiger partial charge >= 0.3 is 0 Å². The van der Waals surface area contributed by atoms with E-state index in [1.165, 1.54) is 36.1 Å². The Kier molecular flexibility index (Phi) is 4.83. The molecule has 3 rings (SSSR count). The second-order valence-corrected chi connectivity index (χ2v) is 5.49. The summed E-state index contributed by atoms with van der Waals surface area (Å²) in [6.45, 7) is 2.10. The van der Waals surface area contributed by atoms with Crippen molar-refractivity contribution in [2.75, 3.05) is 30.0 Å². The van der Waals surface area contributed by atoms with Gasteiger partial charge in [-0.05, 0) is 36.4 Å². The van der Waals surface area contributed by atoms with Crippen molar-refractivity contribution in [3.63, 3.8) is 0 Å². The molecule has 1 heterocycles. The van der Waals surface area contributed by atoms with Crippen molar-refractivity contribution >= 4 is 23.2 Å². The molecule has 0 bridgehead atoms. The summed E-state index contributed by atoms with van der Waals surface area (Å²) >= 11 is 0. The monoisotopic (exact) mass is 344 g/mol. The van der Waals surface area contributed by atoms with E-state index in [-0.39, 0.29) is 18.4 Å². The van der Waals surface area contributed by atoms with Crippen LogP contribution in [-0.2, 0) is 9.59 Å². The maximum absolute atomic E-state index is 13.0. The molecule has 7 heteroatoms.